The first-order chi connectivity index (χ1) is 10.1. The highest BCUT2D eigenvalue weighted by Gasteiger charge is 2.09. The predicted octanol–water partition coefficient (Wildman–Crippen LogP) is 2.78. The molecule has 0 spiro atoms. The molecular formula is C15H18ClN3O2. The van der Waals surface area contributed by atoms with Crippen molar-refractivity contribution in [1.29, 1.82) is 0 Å². The second-order valence-electron chi connectivity index (χ2n) is 4.63. The maximum atomic E-state index is 6.17. The minimum atomic E-state index is 0.489. The molecule has 5 nitrogen and oxygen atoms in total. The Morgan fingerprint density at radius 2 is 1.67 bits per heavy atom. The maximum absolute atomic E-state index is 6.17. The fourth-order valence-electron chi connectivity index (χ4n) is 1.94. The number of methoxy groups -OCH3 is 2. The first-order valence-corrected chi connectivity index (χ1v) is 6.88. The number of halogens is 1. The summed E-state index contributed by atoms with van der Waals surface area (Å²) in [6, 6.07) is 9.43. The summed E-state index contributed by atoms with van der Waals surface area (Å²) in [7, 11) is 5.12. The van der Waals surface area contributed by atoms with Crippen LogP contribution < -0.4 is 9.47 Å². The molecule has 0 bridgehead atoms. The number of hydrogen-bond acceptors (Lipinski definition) is 5. The van der Waals surface area contributed by atoms with Gasteiger partial charge in [-0.1, -0.05) is 29.8 Å². The number of ether oxygens (including phenoxy) is 2. The first-order valence-electron chi connectivity index (χ1n) is 6.50. The highest BCUT2D eigenvalue weighted by Crippen LogP contribution is 2.19. The molecule has 0 saturated carbocycles. The molecule has 112 valence electrons. The molecule has 1 aromatic carbocycles. The zero-order valence-electron chi connectivity index (χ0n) is 12.3. The number of benzene rings is 1. The average Bonchev–Trinajstić information content (AvgIpc) is 2.49. The predicted molar refractivity (Wildman–Crippen MR) is 81.8 cm³/mol. The number of hydrogen-bond donors (Lipinski definition) is 0. The van der Waals surface area contributed by atoms with Crippen LogP contribution in [0, 0.1) is 0 Å². The van der Waals surface area contributed by atoms with Crippen molar-refractivity contribution in [3.63, 3.8) is 0 Å². The SMILES string of the molecule is COc1cc(OC)nc(CN(C)Cc2ccccc2Cl)n1. The van der Waals surface area contributed by atoms with Crippen molar-refractivity contribution in [1.82, 2.24) is 14.9 Å². The molecule has 1 heterocycles. The van der Waals surface area contributed by atoms with Crippen LogP contribution in [0.1, 0.15) is 11.4 Å². The maximum Gasteiger partial charge on any atom is 0.220 e. The minimum absolute atomic E-state index is 0.489. The number of nitrogens with zero attached hydrogens (tertiary/aromatic N) is 3. The summed E-state index contributed by atoms with van der Waals surface area (Å²) < 4.78 is 10.3. The van der Waals surface area contributed by atoms with Gasteiger partial charge in [-0.05, 0) is 18.7 Å². The molecule has 0 aliphatic rings. The van der Waals surface area contributed by atoms with Crippen LogP contribution in [0.2, 0.25) is 5.02 Å². The Morgan fingerprint density at radius 3 is 2.24 bits per heavy atom. The van der Waals surface area contributed by atoms with Gasteiger partial charge in [0.15, 0.2) is 0 Å². The molecule has 0 aliphatic heterocycles. The van der Waals surface area contributed by atoms with E-state index in [1.54, 1.807) is 20.3 Å². The van der Waals surface area contributed by atoms with Gasteiger partial charge in [0, 0.05) is 11.6 Å². The highest BCUT2D eigenvalue weighted by atomic mass is 35.5. The summed E-state index contributed by atoms with van der Waals surface area (Å²) in [4.78, 5) is 10.7. The Kier molecular flexibility index (Phi) is 5.36. The number of aromatic nitrogens is 2. The lowest BCUT2D eigenvalue weighted by Crippen LogP contribution is -2.19. The standard InChI is InChI=1S/C15H18ClN3O2/c1-19(9-11-6-4-5-7-12(11)16)10-13-17-14(20-2)8-15(18-13)21-3/h4-8H,9-10H2,1-3H3. The normalized spacial score (nSPS) is 10.7. The van der Waals surface area contributed by atoms with E-state index >= 15 is 0 Å². The molecule has 0 fully saturated rings. The molecule has 2 rings (SSSR count). The van der Waals surface area contributed by atoms with Crippen molar-refractivity contribution >= 4 is 11.6 Å². The molecule has 1 aromatic heterocycles. The summed E-state index contributed by atoms with van der Waals surface area (Å²) in [6.07, 6.45) is 0. The number of rotatable bonds is 6. The topological polar surface area (TPSA) is 47.5 Å². The van der Waals surface area contributed by atoms with Crippen LogP contribution in [0.5, 0.6) is 11.8 Å². The summed E-state index contributed by atoms with van der Waals surface area (Å²) >= 11 is 6.17. The minimum Gasteiger partial charge on any atom is -0.481 e. The van der Waals surface area contributed by atoms with Gasteiger partial charge in [0.1, 0.15) is 5.82 Å². The van der Waals surface area contributed by atoms with Gasteiger partial charge >= 0.3 is 0 Å². The van der Waals surface area contributed by atoms with Gasteiger partial charge in [0.2, 0.25) is 11.8 Å². The molecule has 0 saturated heterocycles. The molecule has 0 aliphatic carbocycles. The van der Waals surface area contributed by atoms with Crippen molar-refractivity contribution in [3.05, 3.63) is 46.7 Å². The Labute approximate surface area is 129 Å². The molecule has 0 radical (unpaired) electrons. The lowest BCUT2D eigenvalue weighted by Gasteiger charge is -2.17. The van der Waals surface area contributed by atoms with E-state index in [1.807, 2.05) is 31.3 Å². The van der Waals surface area contributed by atoms with Crippen LogP contribution in [-0.4, -0.2) is 36.1 Å². The largest absolute Gasteiger partial charge is 0.481 e. The van der Waals surface area contributed by atoms with Crippen LogP contribution in [-0.2, 0) is 13.1 Å². The van der Waals surface area contributed by atoms with E-state index in [0.29, 0.717) is 30.7 Å². The van der Waals surface area contributed by atoms with Crippen LogP contribution in [0.3, 0.4) is 0 Å². The summed E-state index contributed by atoms with van der Waals surface area (Å²) in [6.45, 7) is 1.28. The summed E-state index contributed by atoms with van der Waals surface area (Å²) in [5.41, 5.74) is 1.07. The molecule has 0 unspecified atom stereocenters. The Bertz CT molecular complexity index is 585. The zero-order chi connectivity index (χ0) is 15.2. The summed E-state index contributed by atoms with van der Waals surface area (Å²) in [5, 5.41) is 0.758. The van der Waals surface area contributed by atoms with E-state index in [1.165, 1.54) is 0 Å². The van der Waals surface area contributed by atoms with Gasteiger partial charge in [-0.25, -0.2) is 0 Å². The fourth-order valence-corrected chi connectivity index (χ4v) is 2.14. The van der Waals surface area contributed by atoms with E-state index in [-0.39, 0.29) is 0 Å². The van der Waals surface area contributed by atoms with Crippen molar-refractivity contribution in [2.45, 2.75) is 13.1 Å². The zero-order valence-corrected chi connectivity index (χ0v) is 13.1. The van der Waals surface area contributed by atoms with Crippen LogP contribution in [0.15, 0.2) is 30.3 Å². The lowest BCUT2D eigenvalue weighted by atomic mass is 10.2. The second kappa shape index (κ2) is 7.24. The third kappa shape index (κ3) is 4.31. The third-order valence-electron chi connectivity index (χ3n) is 2.95. The molecule has 0 amide bonds. The van der Waals surface area contributed by atoms with Crippen molar-refractivity contribution in [3.8, 4) is 11.8 Å². The van der Waals surface area contributed by atoms with Crippen molar-refractivity contribution in [2.75, 3.05) is 21.3 Å². The Balaban J connectivity index is 2.09. The van der Waals surface area contributed by atoms with Gasteiger partial charge < -0.3 is 9.47 Å². The van der Waals surface area contributed by atoms with Crippen LogP contribution in [0.25, 0.3) is 0 Å². The molecule has 0 N–H and O–H groups in total. The van der Waals surface area contributed by atoms with Gasteiger partial charge in [0.05, 0.1) is 26.8 Å². The molecule has 21 heavy (non-hydrogen) atoms. The van der Waals surface area contributed by atoms with E-state index in [9.17, 15) is 0 Å². The quantitative estimate of drug-likeness (QED) is 0.821. The smallest absolute Gasteiger partial charge is 0.220 e. The van der Waals surface area contributed by atoms with Crippen LogP contribution in [0.4, 0.5) is 0 Å². The molecule has 6 heteroatoms. The third-order valence-corrected chi connectivity index (χ3v) is 3.32. The van der Waals surface area contributed by atoms with Crippen molar-refractivity contribution in [2.24, 2.45) is 0 Å². The lowest BCUT2D eigenvalue weighted by molar-refractivity contribution is 0.302. The molecular weight excluding hydrogens is 290 g/mol. The van der Waals surface area contributed by atoms with Gasteiger partial charge in [0.25, 0.3) is 0 Å². The Hall–Kier alpha value is -1.85. The van der Waals surface area contributed by atoms with Gasteiger partial charge in [-0.3, -0.25) is 4.90 Å². The van der Waals surface area contributed by atoms with Gasteiger partial charge in [-0.2, -0.15) is 9.97 Å². The van der Waals surface area contributed by atoms with Crippen LogP contribution >= 0.6 is 11.6 Å². The summed E-state index contributed by atoms with van der Waals surface area (Å²) in [5.74, 6) is 1.62. The van der Waals surface area contributed by atoms with E-state index in [0.717, 1.165) is 10.6 Å². The first kappa shape index (κ1) is 15.5. The van der Waals surface area contributed by atoms with E-state index < -0.39 is 0 Å². The van der Waals surface area contributed by atoms with E-state index in [4.69, 9.17) is 21.1 Å². The second-order valence-corrected chi connectivity index (χ2v) is 5.04. The van der Waals surface area contributed by atoms with Gasteiger partial charge in [-0.15, -0.1) is 0 Å². The average molecular weight is 308 g/mol. The monoisotopic (exact) mass is 307 g/mol. The molecule has 0 atom stereocenters. The molecule has 2 aromatic rings. The highest BCUT2D eigenvalue weighted by molar-refractivity contribution is 6.31. The Morgan fingerprint density at radius 1 is 1.05 bits per heavy atom. The van der Waals surface area contributed by atoms with Crippen molar-refractivity contribution < 1.29 is 9.47 Å². The van der Waals surface area contributed by atoms with E-state index in [2.05, 4.69) is 14.9 Å². The fraction of sp³-hybridized carbons (Fsp3) is 0.333.